The number of aromatic nitrogens is 1. The van der Waals surface area contributed by atoms with Gasteiger partial charge in [-0.3, -0.25) is 4.98 Å². The van der Waals surface area contributed by atoms with Crippen LogP contribution in [0.1, 0.15) is 11.4 Å². The van der Waals surface area contributed by atoms with Crippen LogP contribution < -0.4 is 0 Å². The van der Waals surface area contributed by atoms with Crippen LogP contribution in [-0.4, -0.2) is 4.98 Å². The Balaban J connectivity index is 0.00000118. The van der Waals surface area contributed by atoms with Crippen LogP contribution in [0, 0.1) is 0 Å². The molecule has 0 atom stereocenters. The van der Waals surface area contributed by atoms with Gasteiger partial charge in [0.05, 0.1) is 0 Å². The van der Waals surface area contributed by atoms with Crippen LogP contribution >= 0.6 is 17.0 Å². The van der Waals surface area contributed by atoms with Gasteiger partial charge in [0, 0.05) is 11.4 Å². The number of benzene rings is 5. The molecule has 0 fully saturated rings. The first kappa shape index (κ1) is 30.8. The van der Waals surface area contributed by atoms with Gasteiger partial charge in [0.15, 0.2) is 0 Å². The Morgan fingerprint density at radius 2 is 0.721 bits per heavy atom. The summed E-state index contributed by atoms with van der Waals surface area (Å²) in [6, 6.07) is 52.2. The summed E-state index contributed by atoms with van der Waals surface area (Å²) < 4.78 is 0. The maximum absolute atomic E-state index is 4.93. The molecule has 6 heteroatoms. The van der Waals surface area contributed by atoms with Crippen molar-refractivity contribution in [1.82, 2.24) is 4.98 Å². The van der Waals surface area contributed by atoms with Crippen molar-refractivity contribution in [3.63, 3.8) is 0 Å². The fraction of sp³-hybridized carbons (Fsp3) is 0.0541. The summed E-state index contributed by atoms with van der Waals surface area (Å²) in [6.07, 6.45) is 0. The van der Waals surface area contributed by atoms with Crippen molar-refractivity contribution in [2.24, 2.45) is 0 Å². The number of hydrogen-bond acceptors (Lipinski definition) is 1. The number of pyridine rings is 1. The molecule has 0 unspecified atom stereocenters. The molecule has 6 rings (SSSR count). The Bertz CT molecular complexity index is 1580. The van der Waals surface area contributed by atoms with Crippen molar-refractivity contribution in [2.45, 2.75) is 13.1 Å². The van der Waals surface area contributed by atoms with Crippen molar-refractivity contribution in [1.29, 1.82) is 0 Å². The molecule has 0 radical (unpaired) electrons. The molecule has 0 N–H and O–H groups in total. The van der Waals surface area contributed by atoms with E-state index in [1.54, 1.807) is 0 Å². The molecule has 0 aliphatic heterocycles. The first-order valence-corrected chi connectivity index (χ1v) is 20.2. The Labute approximate surface area is 272 Å². The van der Waals surface area contributed by atoms with Crippen LogP contribution in [0.25, 0.3) is 44.0 Å². The average molecular weight is 678 g/mol. The predicted molar refractivity (Wildman–Crippen MR) is 179 cm³/mol. The van der Waals surface area contributed by atoms with E-state index in [9.17, 15) is 0 Å². The molecule has 5 aromatic carbocycles. The third kappa shape index (κ3) is 9.15. The molecular formula is C37H29Cl2N3Zr. The summed E-state index contributed by atoms with van der Waals surface area (Å²) in [4.78, 5) is 4.93. The van der Waals surface area contributed by atoms with Gasteiger partial charge in [-0.15, -0.1) is 11.4 Å². The molecule has 3 nitrogen and oxygen atoms in total. The Morgan fingerprint density at radius 3 is 1.07 bits per heavy atom. The number of hydrogen-bond donors (Lipinski definition) is 0. The normalized spacial score (nSPS) is 10.2. The van der Waals surface area contributed by atoms with Crippen LogP contribution in [0.2, 0.25) is 0 Å². The first-order valence-electron chi connectivity index (χ1n) is 13.9. The van der Waals surface area contributed by atoms with Gasteiger partial charge in [-0.2, -0.15) is 0 Å². The smallest absolute Gasteiger partial charge is 0.0237 e. The number of nitrogens with zero attached hydrogens (tertiary/aromatic N) is 3. The van der Waals surface area contributed by atoms with Crippen LogP contribution in [0.4, 0.5) is 11.4 Å². The Morgan fingerprint density at radius 1 is 0.419 bits per heavy atom. The summed E-state index contributed by atoms with van der Waals surface area (Å²) in [7, 11) is 9.87. The van der Waals surface area contributed by atoms with Gasteiger partial charge >= 0.3 is 37.9 Å². The second kappa shape index (κ2) is 16.2. The number of halogens is 2. The standard InChI is InChI=1S/C37H29N3.2ClH.Zr/c1-4-10-28(11-5-1)31-16-20-34(21-17-31)38-26-36-24-33(30-14-8-3-9-15-30)25-37(40-36)27-39-35-22-18-32(19-23-35)29-12-6-2-7-13-29;;;/h1-25H,26-27H2;2*1H;/q-2;;;+4/p-2. The minimum atomic E-state index is -0.826. The second-order valence-corrected chi connectivity index (χ2v) is 13.5. The molecule has 1 aromatic heterocycles. The SMILES string of the molecule is [Cl][Zr+2][Cl].c1ccc(-c2ccc([N-]Cc3cc(-c4ccccc4)cc(C[N-]c4ccc(-c5ccccc5)cc4)n3)cc2)cc1. The maximum atomic E-state index is 4.93. The van der Waals surface area contributed by atoms with Gasteiger partial charge in [-0.05, 0) is 45.5 Å². The van der Waals surface area contributed by atoms with Crippen molar-refractivity contribution in [2.75, 3.05) is 0 Å². The predicted octanol–water partition coefficient (Wildman–Crippen LogP) is 11.9. The van der Waals surface area contributed by atoms with Crippen molar-refractivity contribution in [3.05, 3.63) is 174 Å². The molecule has 6 aromatic rings. The maximum Gasteiger partial charge on any atom is 0.0237 e. The van der Waals surface area contributed by atoms with Crippen LogP contribution in [0.15, 0.2) is 152 Å². The van der Waals surface area contributed by atoms with Gasteiger partial charge in [0.25, 0.3) is 0 Å². The Kier molecular flexibility index (Phi) is 11.6. The molecule has 43 heavy (non-hydrogen) atoms. The zero-order chi connectivity index (χ0) is 29.7. The number of rotatable bonds is 9. The second-order valence-electron chi connectivity index (χ2n) is 9.73. The fourth-order valence-corrected chi connectivity index (χ4v) is 4.73. The van der Waals surface area contributed by atoms with Gasteiger partial charge in [0.2, 0.25) is 0 Å². The van der Waals surface area contributed by atoms with E-state index >= 15 is 0 Å². The molecular weight excluding hydrogens is 649 g/mol. The molecule has 0 amide bonds. The van der Waals surface area contributed by atoms with E-state index in [1.165, 1.54) is 22.3 Å². The third-order valence-electron chi connectivity index (χ3n) is 6.83. The molecule has 0 spiro atoms. The fourth-order valence-electron chi connectivity index (χ4n) is 4.73. The van der Waals surface area contributed by atoms with Crippen LogP contribution in [0.3, 0.4) is 0 Å². The van der Waals surface area contributed by atoms with E-state index in [2.05, 4.69) is 133 Å². The Hall–Kier alpha value is -3.69. The van der Waals surface area contributed by atoms with E-state index in [1.807, 2.05) is 18.2 Å². The summed E-state index contributed by atoms with van der Waals surface area (Å²) in [5, 5.41) is 9.70. The van der Waals surface area contributed by atoms with Gasteiger partial charge in [-0.25, -0.2) is 0 Å². The monoisotopic (exact) mass is 675 g/mol. The summed E-state index contributed by atoms with van der Waals surface area (Å²) in [6.45, 7) is 1.01. The van der Waals surface area contributed by atoms with E-state index in [0.29, 0.717) is 13.1 Å². The zero-order valence-electron chi connectivity index (χ0n) is 23.4. The van der Waals surface area contributed by atoms with Gasteiger partial charge in [0.1, 0.15) is 0 Å². The minimum Gasteiger partial charge on any atom is -0.679 e. The van der Waals surface area contributed by atoms with E-state index in [4.69, 9.17) is 32.6 Å². The van der Waals surface area contributed by atoms with E-state index < -0.39 is 20.8 Å². The molecule has 0 aliphatic carbocycles. The topological polar surface area (TPSA) is 41.1 Å². The van der Waals surface area contributed by atoms with Crippen molar-refractivity contribution < 1.29 is 20.8 Å². The molecule has 0 saturated carbocycles. The largest absolute Gasteiger partial charge is 0.679 e. The first-order chi connectivity index (χ1) is 21.2. The molecule has 0 aliphatic rings. The van der Waals surface area contributed by atoms with E-state index in [-0.39, 0.29) is 0 Å². The van der Waals surface area contributed by atoms with Gasteiger partial charge in [-0.1, -0.05) is 153 Å². The third-order valence-corrected chi connectivity index (χ3v) is 6.83. The summed E-state index contributed by atoms with van der Waals surface area (Å²) >= 11 is -0.826. The molecule has 0 bridgehead atoms. The molecule has 210 valence electrons. The summed E-state index contributed by atoms with van der Waals surface area (Å²) in [5.74, 6) is 0. The van der Waals surface area contributed by atoms with Gasteiger partial charge < -0.3 is 10.6 Å². The van der Waals surface area contributed by atoms with Crippen LogP contribution in [0.5, 0.6) is 0 Å². The van der Waals surface area contributed by atoms with Crippen molar-refractivity contribution in [3.8, 4) is 33.4 Å². The van der Waals surface area contributed by atoms with Crippen LogP contribution in [-0.2, 0) is 33.9 Å². The zero-order valence-corrected chi connectivity index (χ0v) is 27.4. The quantitative estimate of drug-likeness (QED) is 0.150. The molecule has 1 heterocycles. The summed E-state index contributed by atoms with van der Waals surface area (Å²) in [5.41, 5.74) is 10.8. The van der Waals surface area contributed by atoms with Crippen molar-refractivity contribution >= 4 is 28.4 Å². The minimum absolute atomic E-state index is 0.504. The van der Waals surface area contributed by atoms with E-state index in [0.717, 1.165) is 33.9 Å². The average Bonchev–Trinajstić information content (AvgIpc) is 3.08. The molecule has 0 saturated heterocycles.